The highest BCUT2D eigenvalue weighted by atomic mass is 16.5. The van der Waals surface area contributed by atoms with Crippen LogP contribution in [0.2, 0.25) is 0 Å². The first-order valence-corrected chi connectivity index (χ1v) is 11.8. The van der Waals surface area contributed by atoms with Crippen LogP contribution in [0.15, 0.2) is 66.7 Å². The van der Waals surface area contributed by atoms with Crippen LogP contribution >= 0.6 is 0 Å². The number of fused-ring (bicyclic) bond motifs is 1. The monoisotopic (exact) mass is 471 g/mol. The highest BCUT2D eigenvalue weighted by molar-refractivity contribution is 6.23. The van der Waals surface area contributed by atoms with E-state index in [1.165, 1.54) is 10.5 Å². The van der Waals surface area contributed by atoms with Gasteiger partial charge in [-0.25, -0.2) is 0 Å². The minimum atomic E-state index is -0.237. The number of amides is 2. The number of ether oxygens (including phenoxy) is 2. The van der Waals surface area contributed by atoms with Gasteiger partial charge >= 0.3 is 0 Å². The van der Waals surface area contributed by atoms with E-state index in [2.05, 4.69) is 21.9 Å². The summed E-state index contributed by atoms with van der Waals surface area (Å²) in [6.45, 7) is 4.42. The number of carbonyl (C=O) groups is 2. The van der Waals surface area contributed by atoms with Crippen LogP contribution in [0.1, 0.15) is 31.8 Å². The van der Waals surface area contributed by atoms with Gasteiger partial charge in [-0.15, -0.1) is 0 Å². The van der Waals surface area contributed by atoms with Crippen molar-refractivity contribution in [3.05, 3.63) is 89.0 Å². The number of nitrogens with zero attached hydrogens (tertiary/aromatic N) is 3. The fourth-order valence-corrected chi connectivity index (χ4v) is 4.81. The second kappa shape index (κ2) is 9.80. The lowest BCUT2D eigenvalue weighted by Gasteiger charge is -2.36. The Hall–Kier alpha value is -3.84. The summed E-state index contributed by atoms with van der Waals surface area (Å²) in [6.07, 6.45) is 0. The van der Waals surface area contributed by atoms with Crippen molar-refractivity contribution in [1.29, 1.82) is 0 Å². The molecule has 5 rings (SSSR count). The second-order valence-electron chi connectivity index (χ2n) is 8.86. The zero-order valence-electron chi connectivity index (χ0n) is 20.1. The Balaban J connectivity index is 1.28. The first kappa shape index (κ1) is 22.9. The Morgan fingerprint density at radius 1 is 0.714 bits per heavy atom. The smallest absolute Gasteiger partial charge is 0.263 e. The highest BCUT2D eigenvalue weighted by Gasteiger charge is 2.38. The van der Waals surface area contributed by atoms with Crippen molar-refractivity contribution in [3.63, 3.8) is 0 Å². The number of hydrogen-bond acceptors (Lipinski definition) is 6. The molecule has 3 aromatic rings. The molecule has 0 saturated carbocycles. The standard InChI is InChI=1S/C28H29N3O4/c1-34-22-11-9-20(10-12-22)19-31-27(32)24-7-4-8-25(26(24)28(31)33)30-15-13-29(14-16-30)18-21-5-3-6-23(17-21)35-2/h3-12,17H,13-16,18-19H2,1-2H3. The maximum absolute atomic E-state index is 13.4. The van der Waals surface area contributed by atoms with Gasteiger partial charge in [-0.2, -0.15) is 0 Å². The molecule has 7 nitrogen and oxygen atoms in total. The van der Waals surface area contributed by atoms with Gasteiger partial charge in [0.05, 0.1) is 37.6 Å². The number of anilines is 1. The maximum atomic E-state index is 13.4. The molecule has 0 radical (unpaired) electrons. The van der Waals surface area contributed by atoms with Crippen molar-refractivity contribution in [2.24, 2.45) is 0 Å². The minimum Gasteiger partial charge on any atom is -0.497 e. The van der Waals surface area contributed by atoms with Crippen molar-refractivity contribution in [3.8, 4) is 11.5 Å². The van der Waals surface area contributed by atoms with E-state index in [9.17, 15) is 9.59 Å². The molecule has 7 heteroatoms. The normalized spacial score (nSPS) is 15.9. The molecule has 0 bridgehead atoms. The van der Waals surface area contributed by atoms with Crippen molar-refractivity contribution >= 4 is 17.5 Å². The minimum absolute atomic E-state index is 0.227. The van der Waals surface area contributed by atoms with E-state index in [1.807, 2.05) is 48.5 Å². The molecule has 180 valence electrons. The molecular formula is C28H29N3O4. The number of rotatable bonds is 7. The van der Waals surface area contributed by atoms with E-state index in [-0.39, 0.29) is 18.4 Å². The molecule has 3 aromatic carbocycles. The van der Waals surface area contributed by atoms with E-state index in [4.69, 9.17) is 9.47 Å². The van der Waals surface area contributed by atoms with Gasteiger partial charge in [0.1, 0.15) is 11.5 Å². The molecule has 1 fully saturated rings. The summed E-state index contributed by atoms with van der Waals surface area (Å²) in [7, 11) is 3.29. The maximum Gasteiger partial charge on any atom is 0.263 e. The first-order chi connectivity index (χ1) is 17.1. The zero-order chi connectivity index (χ0) is 24.4. The third kappa shape index (κ3) is 4.59. The number of imide groups is 1. The SMILES string of the molecule is COc1ccc(CN2C(=O)c3cccc(N4CCN(Cc5cccc(OC)c5)CC4)c3C2=O)cc1. The number of carbonyl (C=O) groups excluding carboxylic acids is 2. The molecule has 0 N–H and O–H groups in total. The Bertz CT molecular complexity index is 1230. The fourth-order valence-electron chi connectivity index (χ4n) is 4.81. The van der Waals surface area contributed by atoms with Gasteiger partial charge in [0, 0.05) is 32.7 Å². The molecule has 2 aliphatic heterocycles. The summed E-state index contributed by atoms with van der Waals surface area (Å²) in [4.78, 5) is 32.5. The Morgan fingerprint density at radius 3 is 2.14 bits per heavy atom. The molecule has 0 aromatic heterocycles. The molecule has 0 spiro atoms. The molecular weight excluding hydrogens is 442 g/mol. The van der Waals surface area contributed by atoms with Crippen LogP contribution in [-0.2, 0) is 13.1 Å². The Kier molecular flexibility index (Phi) is 6.42. The number of hydrogen-bond donors (Lipinski definition) is 0. The molecule has 2 heterocycles. The number of benzene rings is 3. The summed E-state index contributed by atoms with van der Waals surface area (Å²) >= 11 is 0. The molecule has 0 atom stereocenters. The summed E-state index contributed by atoms with van der Waals surface area (Å²) < 4.78 is 10.5. The van der Waals surface area contributed by atoms with Crippen LogP contribution in [0.4, 0.5) is 5.69 Å². The van der Waals surface area contributed by atoms with Crippen molar-refractivity contribution in [1.82, 2.24) is 9.80 Å². The zero-order valence-corrected chi connectivity index (χ0v) is 20.1. The van der Waals surface area contributed by atoms with Crippen molar-refractivity contribution in [2.75, 3.05) is 45.3 Å². The van der Waals surface area contributed by atoms with Crippen LogP contribution in [-0.4, -0.2) is 62.0 Å². The topological polar surface area (TPSA) is 62.3 Å². The van der Waals surface area contributed by atoms with Gasteiger partial charge in [-0.1, -0.05) is 30.3 Å². The quantitative estimate of drug-likeness (QED) is 0.488. The van der Waals surface area contributed by atoms with Crippen molar-refractivity contribution < 1.29 is 19.1 Å². The number of piperazine rings is 1. The van der Waals surface area contributed by atoms with Crippen LogP contribution in [0.5, 0.6) is 11.5 Å². The second-order valence-corrected chi connectivity index (χ2v) is 8.86. The van der Waals surface area contributed by atoms with E-state index in [0.717, 1.165) is 55.5 Å². The molecule has 0 unspecified atom stereocenters. The van der Waals surface area contributed by atoms with Gasteiger partial charge in [0.15, 0.2) is 0 Å². The van der Waals surface area contributed by atoms with Gasteiger partial charge < -0.3 is 14.4 Å². The van der Waals surface area contributed by atoms with Crippen LogP contribution in [0, 0.1) is 0 Å². The van der Waals surface area contributed by atoms with Crippen LogP contribution in [0.3, 0.4) is 0 Å². The summed E-state index contributed by atoms with van der Waals surface area (Å²) in [5, 5.41) is 0. The summed E-state index contributed by atoms with van der Waals surface area (Å²) in [5.41, 5.74) is 3.95. The van der Waals surface area contributed by atoms with Crippen LogP contribution in [0.25, 0.3) is 0 Å². The third-order valence-electron chi connectivity index (χ3n) is 6.73. The third-order valence-corrected chi connectivity index (χ3v) is 6.73. The van der Waals surface area contributed by atoms with Crippen LogP contribution < -0.4 is 14.4 Å². The number of methoxy groups -OCH3 is 2. The van der Waals surface area contributed by atoms with E-state index in [0.29, 0.717) is 11.1 Å². The predicted molar refractivity (Wildman–Crippen MR) is 134 cm³/mol. The Morgan fingerprint density at radius 2 is 1.43 bits per heavy atom. The summed E-state index contributed by atoms with van der Waals surface area (Å²) in [5.74, 6) is 1.14. The summed E-state index contributed by atoms with van der Waals surface area (Å²) in [6, 6.07) is 21.2. The largest absolute Gasteiger partial charge is 0.497 e. The van der Waals surface area contributed by atoms with Gasteiger partial charge in [0.25, 0.3) is 11.8 Å². The van der Waals surface area contributed by atoms with Gasteiger partial charge in [-0.05, 0) is 47.5 Å². The van der Waals surface area contributed by atoms with Crippen molar-refractivity contribution in [2.45, 2.75) is 13.1 Å². The predicted octanol–water partition coefficient (Wildman–Crippen LogP) is 3.82. The average Bonchev–Trinajstić information content (AvgIpc) is 3.14. The van der Waals surface area contributed by atoms with E-state index < -0.39 is 0 Å². The lowest BCUT2D eigenvalue weighted by molar-refractivity contribution is 0.0642. The van der Waals surface area contributed by atoms with Gasteiger partial charge in [-0.3, -0.25) is 19.4 Å². The lowest BCUT2D eigenvalue weighted by Crippen LogP contribution is -2.46. The fraction of sp³-hybridized carbons (Fsp3) is 0.286. The Labute approximate surface area is 205 Å². The first-order valence-electron chi connectivity index (χ1n) is 11.8. The molecule has 35 heavy (non-hydrogen) atoms. The van der Waals surface area contributed by atoms with E-state index >= 15 is 0 Å². The highest BCUT2D eigenvalue weighted by Crippen LogP contribution is 2.33. The molecule has 2 aliphatic rings. The molecule has 1 saturated heterocycles. The molecule has 0 aliphatic carbocycles. The molecule has 2 amide bonds. The van der Waals surface area contributed by atoms with Gasteiger partial charge in [0.2, 0.25) is 0 Å². The van der Waals surface area contributed by atoms with E-state index in [1.54, 1.807) is 20.3 Å². The average molecular weight is 472 g/mol. The lowest BCUT2D eigenvalue weighted by atomic mass is 10.1.